The molecule has 0 fully saturated rings. The molecule has 0 unspecified atom stereocenters. The molecule has 0 saturated carbocycles. The third-order valence-electron chi connectivity index (χ3n) is 3.56. The molecule has 0 aliphatic heterocycles. The Labute approximate surface area is 143 Å². The fourth-order valence-electron chi connectivity index (χ4n) is 2.09. The fraction of sp³-hybridized carbons (Fsp3) is 0.235. The SMILES string of the molecule is CO[C@@](C)(CNC(=O)c1cccc(Br)c1)c1cccc(Cl)c1. The van der Waals surface area contributed by atoms with Gasteiger partial charge in [0.1, 0.15) is 5.60 Å². The molecule has 1 N–H and O–H groups in total. The zero-order valence-corrected chi connectivity index (χ0v) is 14.7. The molecule has 0 saturated heterocycles. The first-order valence-electron chi connectivity index (χ1n) is 6.79. The van der Waals surface area contributed by atoms with E-state index in [4.69, 9.17) is 16.3 Å². The summed E-state index contributed by atoms with van der Waals surface area (Å²) in [7, 11) is 1.62. The molecular formula is C17H17BrClNO2. The summed E-state index contributed by atoms with van der Waals surface area (Å²) in [5.74, 6) is -0.147. The van der Waals surface area contributed by atoms with Crippen molar-refractivity contribution in [1.29, 1.82) is 0 Å². The van der Waals surface area contributed by atoms with Gasteiger partial charge in [-0.2, -0.15) is 0 Å². The van der Waals surface area contributed by atoms with Gasteiger partial charge in [0, 0.05) is 22.2 Å². The van der Waals surface area contributed by atoms with E-state index in [1.165, 1.54) is 0 Å². The molecule has 5 heteroatoms. The molecule has 0 spiro atoms. The van der Waals surface area contributed by atoms with Gasteiger partial charge in [-0.1, -0.05) is 45.7 Å². The Morgan fingerprint density at radius 2 is 2.00 bits per heavy atom. The van der Waals surface area contributed by atoms with Crippen LogP contribution in [0.3, 0.4) is 0 Å². The summed E-state index contributed by atoms with van der Waals surface area (Å²) >= 11 is 9.40. The number of nitrogens with one attached hydrogen (secondary N) is 1. The Balaban J connectivity index is 2.12. The largest absolute Gasteiger partial charge is 0.372 e. The second kappa shape index (κ2) is 7.27. The van der Waals surface area contributed by atoms with Gasteiger partial charge in [0.05, 0.1) is 6.54 Å². The summed E-state index contributed by atoms with van der Waals surface area (Å²) in [6.45, 7) is 2.26. The van der Waals surface area contributed by atoms with Gasteiger partial charge < -0.3 is 10.1 Å². The van der Waals surface area contributed by atoms with Crippen molar-refractivity contribution < 1.29 is 9.53 Å². The number of hydrogen-bond donors (Lipinski definition) is 1. The first-order valence-corrected chi connectivity index (χ1v) is 7.97. The summed E-state index contributed by atoms with van der Waals surface area (Å²) in [6.07, 6.45) is 0. The van der Waals surface area contributed by atoms with Crippen LogP contribution in [0.2, 0.25) is 5.02 Å². The number of benzene rings is 2. The smallest absolute Gasteiger partial charge is 0.251 e. The van der Waals surface area contributed by atoms with E-state index in [1.54, 1.807) is 25.3 Å². The number of rotatable bonds is 5. The summed E-state index contributed by atoms with van der Waals surface area (Å²) in [4.78, 5) is 12.2. The highest BCUT2D eigenvalue weighted by atomic mass is 79.9. The lowest BCUT2D eigenvalue weighted by Gasteiger charge is -2.29. The Kier molecular flexibility index (Phi) is 5.62. The van der Waals surface area contributed by atoms with Gasteiger partial charge >= 0.3 is 0 Å². The van der Waals surface area contributed by atoms with E-state index in [1.807, 2.05) is 37.3 Å². The second-order valence-electron chi connectivity index (χ2n) is 5.14. The lowest BCUT2D eigenvalue weighted by Crippen LogP contribution is -2.40. The van der Waals surface area contributed by atoms with Crippen molar-refractivity contribution in [3.05, 3.63) is 69.2 Å². The van der Waals surface area contributed by atoms with Gasteiger partial charge in [-0.3, -0.25) is 4.79 Å². The minimum absolute atomic E-state index is 0.147. The lowest BCUT2D eigenvalue weighted by atomic mass is 9.95. The minimum Gasteiger partial charge on any atom is -0.372 e. The van der Waals surface area contributed by atoms with E-state index < -0.39 is 5.60 Å². The number of hydrogen-bond acceptors (Lipinski definition) is 2. The van der Waals surface area contributed by atoms with Crippen LogP contribution >= 0.6 is 27.5 Å². The zero-order valence-electron chi connectivity index (χ0n) is 12.4. The van der Waals surface area contributed by atoms with E-state index >= 15 is 0 Å². The molecular weight excluding hydrogens is 366 g/mol. The van der Waals surface area contributed by atoms with Gasteiger partial charge in [-0.25, -0.2) is 0 Å². The molecule has 1 amide bonds. The van der Waals surface area contributed by atoms with Crippen LogP contribution in [0.5, 0.6) is 0 Å². The second-order valence-corrected chi connectivity index (χ2v) is 6.49. The van der Waals surface area contributed by atoms with Crippen molar-refractivity contribution >= 4 is 33.4 Å². The van der Waals surface area contributed by atoms with Crippen LogP contribution in [0.4, 0.5) is 0 Å². The van der Waals surface area contributed by atoms with Crippen LogP contribution in [0, 0.1) is 0 Å². The van der Waals surface area contributed by atoms with Crippen molar-refractivity contribution in [1.82, 2.24) is 5.32 Å². The van der Waals surface area contributed by atoms with Crippen molar-refractivity contribution in [2.45, 2.75) is 12.5 Å². The first-order chi connectivity index (χ1) is 10.4. The molecule has 116 valence electrons. The fourth-order valence-corrected chi connectivity index (χ4v) is 2.68. The zero-order chi connectivity index (χ0) is 16.2. The predicted octanol–water partition coefficient (Wildman–Crippen LogP) is 4.39. The molecule has 2 aromatic rings. The number of ether oxygens (including phenoxy) is 1. The average Bonchev–Trinajstić information content (AvgIpc) is 2.52. The van der Waals surface area contributed by atoms with Crippen molar-refractivity contribution in [2.24, 2.45) is 0 Å². The number of amides is 1. The summed E-state index contributed by atoms with van der Waals surface area (Å²) in [6, 6.07) is 14.7. The van der Waals surface area contributed by atoms with Crippen molar-refractivity contribution in [3.8, 4) is 0 Å². The first kappa shape index (κ1) is 17.0. The minimum atomic E-state index is -0.646. The summed E-state index contributed by atoms with van der Waals surface area (Å²) < 4.78 is 6.47. The van der Waals surface area contributed by atoms with E-state index in [2.05, 4.69) is 21.2 Å². The molecule has 0 heterocycles. The molecule has 22 heavy (non-hydrogen) atoms. The summed E-state index contributed by atoms with van der Waals surface area (Å²) in [5.41, 5.74) is 0.864. The molecule has 0 aromatic heterocycles. The van der Waals surface area contributed by atoms with E-state index in [0.717, 1.165) is 10.0 Å². The Morgan fingerprint density at radius 3 is 2.64 bits per heavy atom. The third-order valence-corrected chi connectivity index (χ3v) is 4.29. The number of carbonyl (C=O) groups excluding carboxylic acids is 1. The van der Waals surface area contributed by atoms with Crippen molar-refractivity contribution in [2.75, 3.05) is 13.7 Å². The van der Waals surface area contributed by atoms with Gasteiger partial charge in [0.25, 0.3) is 5.91 Å². The van der Waals surface area contributed by atoms with Crippen LogP contribution in [-0.4, -0.2) is 19.6 Å². The number of carbonyl (C=O) groups is 1. The normalized spacial score (nSPS) is 13.5. The number of halogens is 2. The monoisotopic (exact) mass is 381 g/mol. The van der Waals surface area contributed by atoms with E-state index in [9.17, 15) is 4.79 Å². The van der Waals surface area contributed by atoms with Crippen LogP contribution in [-0.2, 0) is 10.3 Å². The van der Waals surface area contributed by atoms with Crippen molar-refractivity contribution in [3.63, 3.8) is 0 Å². The van der Waals surface area contributed by atoms with E-state index in [-0.39, 0.29) is 5.91 Å². The molecule has 2 aromatic carbocycles. The molecule has 2 rings (SSSR count). The maximum Gasteiger partial charge on any atom is 0.251 e. The van der Waals surface area contributed by atoms with Gasteiger partial charge in [-0.15, -0.1) is 0 Å². The highest BCUT2D eigenvalue weighted by Gasteiger charge is 2.27. The van der Waals surface area contributed by atoms with Crippen LogP contribution < -0.4 is 5.32 Å². The van der Waals surface area contributed by atoms with Gasteiger partial charge in [0.2, 0.25) is 0 Å². The molecule has 0 aliphatic carbocycles. The average molecular weight is 383 g/mol. The topological polar surface area (TPSA) is 38.3 Å². The molecule has 3 nitrogen and oxygen atoms in total. The van der Waals surface area contributed by atoms with Crippen LogP contribution in [0.1, 0.15) is 22.8 Å². The Morgan fingerprint density at radius 1 is 1.27 bits per heavy atom. The Bertz CT molecular complexity index is 677. The third kappa shape index (κ3) is 4.09. The number of methoxy groups -OCH3 is 1. The Hall–Kier alpha value is -1.36. The molecule has 0 bridgehead atoms. The predicted molar refractivity (Wildman–Crippen MR) is 92.3 cm³/mol. The lowest BCUT2D eigenvalue weighted by molar-refractivity contribution is 0.00315. The standard InChI is InChI=1S/C17H17BrClNO2/c1-17(22-2,13-6-4-8-15(19)10-13)11-20-16(21)12-5-3-7-14(18)9-12/h3-10H,11H2,1-2H3,(H,20,21)/t17-/m0/s1. The quantitative estimate of drug-likeness (QED) is 0.832. The summed E-state index contributed by atoms with van der Waals surface area (Å²) in [5, 5.41) is 3.55. The van der Waals surface area contributed by atoms with Gasteiger partial charge in [0.15, 0.2) is 0 Å². The highest BCUT2D eigenvalue weighted by molar-refractivity contribution is 9.10. The maximum atomic E-state index is 12.2. The van der Waals surface area contributed by atoms with Crippen LogP contribution in [0.15, 0.2) is 53.0 Å². The maximum absolute atomic E-state index is 12.2. The highest BCUT2D eigenvalue weighted by Crippen LogP contribution is 2.26. The van der Waals surface area contributed by atoms with Gasteiger partial charge in [-0.05, 0) is 42.8 Å². The van der Waals surface area contributed by atoms with Crippen LogP contribution in [0.25, 0.3) is 0 Å². The molecule has 1 atom stereocenters. The molecule has 0 aliphatic rings. The molecule has 0 radical (unpaired) electrons. The van der Waals surface area contributed by atoms with E-state index in [0.29, 0.717) is 17.1 Å².